The lowest BCUT2D eigenvalue weighted by atomic mass is 10.0. The number of halogens is 1. The maximum absolute atomic E-state index is 9.92. The molecule has 0 aliphatic rings. The summed E-state index contributed by atoms with van der Waals surface area (Å²) in [7, 11) is 0. The number of benzene rings is 1. The van der Waals surface area contributed by atoms with Crippen molar-refractivity contribution in [2.45, 2.75) is 45.8 Å². The minimum atomic E-state index is -0.710. The molecule has 110 valence electrons. The molecule has 0 amide bonds. The summed E-state index contributed by atoms with van der Waals surface area (Å²) in [4.78, 5) is 3.39. The topological polar surface area (TPSA) is 48.0 Å². The predicted octanol–water partition coefficient (Wildman–Crippen LogP) is 3.42. The average molecular weight is 295 g/mol. The van der Waals surface area contributed by atoms with Crippen LogP contribution in [0.5, 0.6) is 0 Å². The van der Waals surface area contributed by atoms with Gasteiger partial charge in [0.1, 0.15) is 0 Å². The first kappa shape index (κ1) is 15.4. The van der Waals surface area contributed by atoms with Gasteiger partial charge in [0, 0.05) is 27.7 Å². The zero-order valence-corrected chi connectivity index (χ0v) is 13.3. The first-order chi connectivity index (χ1) is 9.29. The molecule has 2 aromatic rings. The van der Waals surface area contributed by atoms with E-state index in [0.29, 0.717) is 0 Å². The summed E-state index contributed by atoms with van der Waals surface area (Å²) in [6, 6.07) is 5.98. The second-order valence-electron chi connectivity index (χ2n) is 6.00. The van der Waals surface area contributed by atoms with E-state index in [1.165, 1.54) is 16.6 Å². The van der Waals surface area contributed by atoms with E-state index in [0.717, 1.165) is 23.5 Å². The van der Waals surface area contributed by atoms with Crippen LogP contribution in [0.4, 0.5) is 0 Å². The van der Waals surface area contributed by atoms with E-state index < -0.39 is 5.60 Å². The van der Waals surface area contributed by atoms with E-state index in [-0.39, 0.29) is 6.04 Å². The molecule has 1 aromatic carbocycles. The van der Waals surface area contributed by atoms with Gasteiger partial charge >= 0.3 is 0 Å². The maximum Gasteiger partial charge on any atom is 0.0741 e. The van der Waals surface area contributed by atoms with Gasteiger partial charge in [-0.25, -0.2) is 0 Å². The number of aliphatic hydroxyl groups is 1. The Bertz CT molecular complexity index is 598. The Kier molecular flexibility index (Phi) is 4.43. The summed E-state index contributed by atoms with van der Waals surface area (Å²) in [5, 5.41) is 15.2. The van der Waals surface area contributed by atoms with Crippen LogP contribution in [0.2, 0.25) is 5.02 Å². The Labute approximate surface area is 125 Å². The fraction of sp³-hybridized carbons (Fsp3) is 0.500. The van der Waals surface area contributed by atoms with Gasteiger partial charge in [-0.05, 0) is 64.4 Å². The standard InChI is InChI=1S/C16H23ClN2O/c1-10-13(7-8-18-11(2)16(3,4)20)14-9-12(17)5-6-15(14)19-10/h5-6,9,11,18-20H,7-8H2,1-4H3/t11-/m0/s1. The van der Waals surface area contributed by atoms with Crippen LogP contribution >= 0.6 is 11.6 Å². The van der Waals surface area contributed by atoms with Gasteiger partial charge in [0.2, 0.25) is 0 Å². The molecule has 0 aliphatic heterocycles. The molecule has 1 atom stereocenters. The van der Waals surface area contributed by atoms with Crippen molar-refractivity contribution in [2.75, 3.05) is 6.54 Å². The maximum atomic E-state index is 9.92. The first-order valence-corrected chi connectivity index (χ1v) is 7.39. The van der Waals surface area contributed by atoms with Crippen LogP contribution in [0.3, 0.4) is 0 Å². The molecule has 0 saturated carbocycles. The third-order valence-electron chi connectivity index (χ3n) is 3.97. The minimum Gasteiger partial charge on any atom is -0.389 e. The highest BCUT2D eigenvalue weighted by molar-refractivity contribution is 6.31. The van der Waals surface area contributed by atoms with Crippen LogP contribution in [-0.4, -0.2) is 28.3 Å². The molecule has 20 heavy (non-hydrogen) atoms. The van der Waals surface area contributed by atoms with Crippen molar-refractivity contribution in [3.63, 3.8) is 0 Å². The third kappa shape index (κ3) is 3.35. The Morgan fingerprint density at radius 1 is 1.40 bits per heavy atom. The number of nitrogens with one attached hydrogen (secondary N) is 2. The van der Waals surface area contributed by atoms with Gasteiger partial charge in [0.15, 0.2) is 0 Å². The number of aromatic amines is 1. The molecule has 1 aromatic heterocycles. The fourth-order valence-electron chi connectivity index (χ4n) is 2.34. The zero-order chi connectivity index (χ0) is 14.9. The van der Waals surface area contributed by atoms with Crippen LogP contribution in [0.25, 0.3) is 10.9 Å². The van der Waals surface area contributed by atoms with E-state index in [1.54, 1.807) is 0 Å². The normalized spacial score (nSPS) is 13.9. The number of fused-ring (bicyclic) bond motifs is 1. The van der Waals surface area contributed by atoms with Gasteiger partial charge in [-0.3, -0.25) is 0 Å². The second kappa shape index (κ2) is 5.76. The van der Waals surface area contributed by atoms with Crippen molar-refractivity contribution in [3.05, 3.63) is 34.5 Å². The van der Waals surface area contributed by atoms with E-state index in [1.807, 2.05) is 39.0 Å². The van der Waals surface area contributed by atoms with Gasteiger partial charge < -0.3 is 15.4 Å². The molecule has 2 rings (SSSR count). The van der Waals surface area contributed by atoms with Crippen molar-refractivity contribution in [2.24, 2.45) is 0 Å². The summed E-state index contributed by atoms with van der Waals surface area (Å²) in [5.41, 5.74) is 2.88. The smallest absolute Gasteiger partial charge is 0.0741 e. The lowest BCUT2D eigenvalue weighted by Gasteiger charge is -2.26. The van der Waals surface area contributed by atoms with Gasteiger partial charge in [-0.2, -0.15) is 0 Å². The molecule has 0 bridgehead atoms. The molecular weight excluding hydrogens is 272 g/mol. The molecule has 4 heteroatoms. The van der Waals surface area contributed by atoms with Crippen LogP contribution in [0, 0.1) is 6.92 Å². The van der Waals surface area contributed by atoms with Crippen molar-refractivity contribution in [1.82, 2.24) is 10.3 Å². The molecule has 0 unspecified atom stereocenters. The van der Waals surface area contributed by atoms with Crippen molar-refractivity contribution >= 4 is 22.5 Å². The Morgan fingerprint density at radius 2 is 2.10 bits per heavy atom. The number of aromatic nitrogens is 1. The lowest BCUT2D eigenvalue weighted by Crippen LogP contribution is -2.45. The van der Waals surface area contributed by atoms with Gasteiger partial charge in [-0.15, -0.1) is 0 Å². The molecule has 0 aliphatic carbocycles. The second-order valence-corrected chi connectivity index (χ2v) is 6.43. The van der Waals surface area contributed by atoms with Crippen LogP contribution in [0.1, 0.15) is 32.0 Å². The number of aryl methyl sites for hydroxylation is 1. The van der Waals surface area contributed by atoms with Crippen LogP contribution in [-0.2, 0) is 6.42 Å². The number of H-pyrrole nitrogens is 1. The largest absolute Gasteiger partial charge is 0.389 e. The highest BCUT2D eigenvalue weighted by atomic mass is 35.5. The number of hydrogen-bond donors (Lipinski definition) is 3. The van der Waals surface area contributed by atoms with Crippen molar-refractivity contribution in [3.8, 4) is 0 Å². The Hall–Kier alpha value is -1.03. The predicted molar refractivity (Wildman–Crippen MR) is 85.5 cm³/mol. The van der Waals surface area contributed by atoms with Crippen LogP contribution in [0.15, 0.2) is 18.2 Å². The third-order valence-corrected chi connectivity index (χ3v) is 4.20. The van der Waals surface area contributed by atoms with E-state index in [4.69, 9.17) is 11.6 Å². The summed E-state index contributed by atoms with van der Waals surface area (Å²) >= 11 is 6.08. The minimum absolute atomic E-state index is 0.0524. The number of rotatable bonds is 5. The Morgan fingerprint density at radius 3 is 2.75 bits per heavy atom. The molecule has 0 radical (unpaired) electrons. The van der Waals surface area contributed by atoms with Gasteiger partial charge in [0.05, 0.1) is 5.60 Å². The van der Waals surface area contributed by atoms with Crippen molar-refractivity contribution in [1.29, 1.82) is 0 Å². The highest BCUT2D eigenvalue weighted by Crippen LogP contribution is 2.25. The van der Waals surface area contributed by atoms with Crippen LogP contribution < -0.4 is 5.32 Å². The fourth-order valence-corrected chi connectivity index (χ4v) is 2.51. The average Bonchev–Trinajstić information content (AvgIpc) is 2.64. The van der Waals surface area contributed by atoms with E-state index in [2.05, 4.69) is 17.2 Å². The molecule has 1 heterocycles. The summed E-state index contributed by atoms with van der Waals surface area (Å²) in [6.45, 7) is 8.55. The summed E-state index contributed by atoms with van der Waals surface area (Å²) < 4.78 is 0. The molecule has 0 spiro atoms. The van der Waals surface area contributed by atoms with Gasteiger partial charge in [0.25, 0.3) is 0 Å². The lowest BCUT2D eigenvalue weighted by molar-refractivity contribution is 0.0446. The monoisotopic (exact) mass is 294 g/mol. The summed E-state index contributed by atoms with van der Waals surface area (Å²) in [6.07, 6.45) is 0.909. The van der Waals surface area contributed by atoms with Gasteiger partial charge in [-0.1, -0.05) is 11.6 Å². The molecule has 0 fully saturated rings. The highest BCUT2D eigenvalue weighted by Gasteiger charge is 2.21. The zero-order valence-electron chi connectivity index (χ0n) is 12.5. The first-order valence-electron chi connectivity index (χ1n) is 7.01. The molecule has 0 saturated heterocycles. The van der Waals surface area contributed by atoms with Crippen molar-refractivity contribution < 1.29 is 5.11 Å². The van der Waals surface area contributed by atoms with E-state index in [9.17, 15) is 5.11 Å². The molecule has 3 N–H and O–H groups in total. The quantitative estimate of drug-likeness (QED) is 0.791. The van der Waals surface area contributed by atoms with E-state index >= 15 is 0 Å². The Balaban J connectivity index is 2.10. The number of hydrogen-bond acceptors (Lipinski definition) is 2. The molecule has 3 nitrogen and oxygen atoms in total. The molecular formula is C16H23ClN2O. The summed E-state index contributed by atoms with van der Waals surface area (Å²) in [5.74, 6) is 0. The SMILES string of the molecule is Cc1[nH]c2ccc(Cl)cc2c1CCN[C@@H](C)C(C)(C)O.